The molecule has 22 heavy (non-hydrogen) atoms. The zero-order valence-corrected chi connectivity index (χ0v) is 12.1. The molecule has 1 aromatic carbocycles. The largest absolute Gasteiger partial charge is 0.484 e. The third-order valence-electron chi connectivity index (χ3n) is 2.90. The Labute approximate surface area is 125 Å². The van der Waals surface area contributed by atoms with E-state index in [0.29, 0.717) is 16.7 Å². The Morgan fingerprint density at radius 2 is 2.18 bits per heavy atom. The molecule has 1 aromatic heterocycles. The van der Waals surface area contributed by atoms with E-state index in [4.69, 9.17) is 14.7 Å². The Balaban J connectivity index is 2.29. The second-order valence-electron chi connectivity index (χ2n) is 4.70. The quantitative estimate of drug-likeness (QED) is 0.478. The lowest BCUT2D eigenvalue weighted by Gasteiger charge is -2.11. The zero-order valence-electron chi connectivity index (χ0n) is 12.1. The fourth-order valence-electron chi connectivity index (χ4n) is 1.73. The highest BCUT2D eigenvalue weighted by molar-refractivity contribution is 5.79. The van der Waals surface area contributed by atoms with Gasteiger partial charge >= 0.3 is 0 Å². The molecule has 1 amide bonds. The highest BCUT2D eigenvalue weighted by Crippen LogP contribution is 2.20. The van der Waals surface area contributed by atoms with Crippen LogP contribution in [-0.2, 0) is 11.3 Å². The molecule has 2 aromatic rings. The van der Waals surface area contributed by atoms with Gasteiger partial charge in [-0.3, -0.25) is 9.59 Å². The zero-order chi connectivity index (χ0) is 16.1. The molecule has 0 N–H and O–H groups in total. The highest BCUT2D eigenvalue weighted by atomic mass is 16.5. The van der Waals surface area contributed by atoms with E-state index in [1.807, 2.05) is 0 Å². The molecule has 0 spiro atoms. The molecule has 0 saturated carbocycles. The van der Waals surface area contributed by atoms with E-state index in [2.05, 4.69) is 10.0 Å². The van der Waals surface area contributed by atoms with Crippen LogP contribution in [0.25, 0.3) is 21.4 Å². The molecule has 0 aliphatic heterocycles. The lowest BCUT2D eigenvalue weighted by molar-refractivity contribution is -0.130. The van der Waals surface area contributed by atoms with Gasteiger partial charge in [0.15, 0.2) is 12.0 Å². The minimum atomic E-state index is -0.236. The lowest BCUT2D eigenvalue weighted by atomic mass is 10.2. The Morgan fingerprint density at radius 1 is 1.41 bits per heavy atom. The smallest absolute Gasteiger partial charge is 0.259 e. The van der Waals surface area contributed by atoms with Crippen LogP contribution in [0.15, 0.2) is 38.6 Å². The molecular weight excluding hydrogens is 288 g/mol. The first-order valence-electron chi connectivity index (χ1n) is 6.42. The van der Waals surface area contributed by atoms with Gasteiger partial charge in [0.25, 0.3) is 5.91 Å². The molecule has 0 fully saturated rings. The monoisotopic (exact) mass is 302 g/mol. The summed E-state index contributed by atoms with van der Waals surface area (Å²) in [5, 5.41) is 3.74. The Kier molecular flexibility index (Phi) is 4.65. The van der Waals surface area contributed by atoms with Crippen molar-refractivity contribution in [1.29, 1.82) is 0 Å². The first-order valence-corrected chi connectivity index (χ1v) is 6.42. The first-order chi connectivity index (χ1) is 10.5. The number of ether oxygens (including phenoxy) is 1. The number of fused-ring (bicyclic) bond motifs is 1. The number of carbonyl (C=O) groups excluding carboxylic acids is 1. The van der Waals surface area contributed by atoms with Gasteiger partial charge < -0.3 is 14.1 Å². The van der Waals surface area contributed by atoms with Crippen molar-refractivity contribution in [2.75, 3.05) is 20.7 Å². The van der Waals surface area contributed by atoms with Crippen LogP contribution in [0.2, 0.25) is 0 Å². The van der Waals surface area contributed by atoms with Crippen LogP contribution in [0.5, 0.6) is 5.75 Å². The lowest BCUT2D eigenvalue weighted by Crippen LogP contribution is -2.27. The molecule has 0 unspecified atom stereocenters. The minimum Gasteiger partial charge on any atom is -0.484 e. The summed E-state index contributed by atoms with van der Waals surface area (Å²) in [4.78, 5) is 27.5. The topological polar surface area (TPSA) is 109 Å². The van der Waals surface area contributed by atoms with E-state index in [1.165, 1.54) is 17.0 Å². The third-order valence-corrected chi connectivity index (χ3v) is 2.90. The van der Waals surface area contributed by atoms with Gasteiger partial charge in [0.05, 0.1) is 11.9 Å². The number of hydrogen-bond acceptors (Lipinski definition) is 5. The van der Waals surface area contributed by atoms with Crippen molar-refractivity contribution in [3.05, 3.63) is 50.7 Å². The predicted octanol–water partition coefficient (Wildman–Crippen LogP) is 2.07. The number of nitrogens with zero attached hydrogens (tertiary/aromatic N) is 4. The fourth-order valence-corrected chi connectivity index (χ4v) is 1.73. The van der Waals surface area contributed by atoms with Gasteiger partial charge in [0.1, 0.15) is 17.1 Å². The van der Waals surface area contributed by atoms with E-state index in [9.17, 15) is 9.59 Å². The minimum absolute atomic E-state index is 0.0497. The summed E-state index contributed by atoms with van der Waals surface area (Å²) in [6.07, 6.45) is 0. The molecule has 1 heterocycles. The highest BCUT2D eigenvalue weighted by Gasteiger charge is 2.08. The van der Waals surface area contributed by atoms with Crippen LogP contribution < -0.4 is 10.2 Å². The third kappa shape index (κ3) is 3.56. The summed E-state index contributed by atoms with van der Waals surface area (Å²) in [5.41, 5.74) is 8.38. The molecule has 8 nitrogen and oxygen atoms in total. The van der Waals surface area contributed by atoms with E-state index in [-0.39, 0.29) is 30.2 Å². The number of amides is 1. The summed E-state index contributed by atoms with van der Waals surface area (Å²) in [6.45, 7) is -0.160. The van der Waals surface area contributed by atoms with Crippen LogP contribution in [0.4, 0.5) is 0 Å². The second kappa shape index (κ2) is 6.64. The molecule has 114 valence electrons. The van der Waals surface area contributed by atoms with Crippen molar-refractivity contribution in [2.24, 2.45) is 5.11 Å². The van der Waals surface area contributed by atoms with Crippen molar-refractivity contribution in [1.82, 2.24) is 4.90 Å². The summed E-state index contributed by atoms with van der Waals surface area (Å²) >= 11 is 0. The Bertz CT molecular complexity index is 806. The van der Waals surface area contributed by atoms with Gasteiger partial charge in [0.2, 0.25) is 0 Å². The molecule has 0 aliphatic carbocycles. The van der Waals surface area contributed by atoms with Gasteiger partial charge in [-0.1, -0.05) is 5.11 Å². The van der Waals surface area contributed by atoms with E-state index < -0.39 is 0 Å². The molecule has 8 heteroatoms. The van der Waals surface area contributed by atoms with Gasteiger partial charge in [-0.15, -0.1) is 0 Å². The maximum Gasteiger partial charge on any atom is 0.259 e. The second-order valence-corrected chi connectivity index (χ2v) is 4.70. The van der Waals surface area contributed by atoms with Crippen molar-refractivity contribution < 1.29 is 13.9 Å². The number of carbonyl (C=O) groups is 1. The molecule has 0 radical (unpaired) electrons. The van der Waals surface area contributed by atoms with E-state index >= 15 is 0 Å². The van der Waals surface area contributed by atoms with Crippen LogP contribution >= 0.6 is 0 Å². The molecule has 0 bridgehead atoms. The number of rotatable bonds is 5. The number of azide groups is 1. The maximum atomic E-state index is 11.9. The van der Waals surface area contributed by atoms with Gasteiger partial charge in [-0.05, 0) is 17.7 Å². The van der Waals surface area contributed by atoms with Gasteiger partial charge in [-0.25, -0.2) is 0 Å². The normalized spacial score (nSPS) is 10.1. The summed E-state index contributed by atoms with van der Waals surface area (Å²) in [7, 11) is 3.26. The molecule has 0 saturated heterocycles. The van der Waals surface area contributed by atoms with Crippen molar-refractivity contribution in [3.63, 3.8) is 0 Å². The molecule has 2 rings (SSSR count). The predicted molar refractivity (Wildman–Crippen MR) is 79.5 cm³/mol. The van der Waals surface area contributed by atoms with Crippen LogP contribution in [-0.4, -0.2) is 31.5 Å². The van der Waals surface area contributed by atoms with Crippen molar-refractivity contribution >= 4 is 16.9 Å². The number of hydrogen-bond donors (Lipinski definition) is 0. The summed E-state index contributed by atoms with van der Waals surface area (Å²) in [5.74, 6) is 0.488. The van der Waals surface area contributed by atoms with Crippen molar-refractivity contribution in [2.45, 2.75) is 6.54 Å². The van der Waals surface area contributed by atoms with Crippen LogP contribution in [0.3, 0.4) is 0 Å². The Morgan fingerprint density at radius 3 is 2.86 bits per heavy atom. The standard InChI is InChI=1S/C14H14N4O4/c1-18(2)14(20)8-21-9-3-4-11-12(19)5-10(7-16-17-15)22-13(11)6-9/h3-6H,7-8H2,1-2H3. The van der Waals surface area contributed by atoms with E-state index in [1.54, 1.807) is 26.2 Å². The molecule has 0 aliphatic rings. The average molecular weight is 302 g/mol. The number of benzene rings is 1. The summed E-state index contributed by atoms with van der Waals surface area (Å²) in [6, 6.07) is 5.97. The Hall–Kier alpha value is -2.99. The van der Waals surface area contributed by atoms with Gasteiger partial charge in [-0.2, -0.15) is 0 Å². The van der Waals surface area contributed by atoms with Crippen molar-refractivity contribution in [3.8, 4) is 5.75 Å². The summed E-state index contributed by atoms with van der Waals surface area (Å²) < 4.78 is 10.9. The fraction of sp³-hybridized carbons (Fsp3) is 0.286. The molecular formula is C14H14N4O4. The maximum absolute atomic E-state index is 11.9. The first kappa shape index (κ1) is 15.4. The van der Waals surface area contributed by atoms with Gasteiger partial charge in [0, 0.05) is 31.1 Å². The SMILES string of the molecule is CN(C)C(=O)COc1ccc2c(=O)cc(CN=[N+]=[N-])oc2c1. The average Bonchev–Trinajstić information content (AvgIpc) is 2.50. The van der Waals surface area contributed by atoms with Crippen LogP contribution in [0.1, 0.15) is 5.76 Å². The van der Waals surface area contributed by atoms with E-state index in [0.717, 1.165) is 0 Å². The molecule has 0 atom stereocenters. The number of likely N-dealkylation sites (N-methyl/N-ethyl adjacent to an activating group) is 1. The van der Waals surface area contributed by atoms with Crippen LogP contribution in [0, 0.1) is 0 Å².